The number of aromatic nitrogens is 2. The third kappa shape index (κ3) is 1.94. The molecule has 2 aromatic heterocycles. The standard InChI is InChI=1S/C19H23N5/c1-4-14-16-11-7-5-6-8-12(11)22-18(16)17-13(23-20)9-19(2,3)10-15(17)24(14)21/h5-8H,4,9-10,20-21H2,1-3H3/p+1/b23-13+. The molecule has 0 saturated heterocycles. The minimum absolute atomic E-state index is 0.0943. The van der Waals surface area contributed by atoms with Crippen molar-refractivity contribution in [1.29, 1.82) is 0 Å². The molecule has 0 amide bonds. The Morgan fingerprint density at radius 1 is 1.25 bits per heavy atom. The Kier molecular flexibility index (Phi) is 3.10. The van der Waals surface area contributed by atoms with Gasteiger partial charge in [-0.1, -0.05) is 43.6 Å². The molecular weight excluding hydrogens is 298 g/mol. The second-order valence-corrected chi connectivity index (χ2v) is 7.51. The van der Waals surface area contributed by atoms with E-state index in [9.17, 15) is 0 Å². The molecule has 0 unspecified atom stereocenters. The summed E-state index contributed by atoms with van der Waals surface area (Å²) >= 11 is 0. The van der Waals surface area contributed by atoms with Gasteiger partial charge in [0.15, 0.2) is 0 Å². The van der Waals surface area contributed by atoms with Gasteiger partial charge in [-0.15, -0.1) is 0 Å². The van der Waals surface area contributed by atoms with Gasteiger partial charge in [-0.2, -0.15) is 5.10 Å². The summed E-state index contributed by atoms with van der Waals surface area (Å²) in [4.78, 5) is 3.59. The Morgan fingerprint density at radius 3 is 2.71 bits per heavy atom. The van der Waals surface area contributed by atoms with Crippen LogP contribution in [0.2, 0.25) is 0 Å². The Hall–Kier alpha value is -2.56. The number of hydrogen-bond donors (Lipinski definition) is 3. The molecule has 5 nitrogen and oxygen atoms in total. The second kappa shape index (κ2) is 4.97. The molecule has 0 bridgehead atoms. The molecule has 1 aromatic carbocycles. The molecule has 124 valence electrons. The van der Waals surface area contributed by atoms with E-state index in [1.54, 1.807) is 0 Å². The van der Waals surface area contributed by atoms with Gasteiger partial charge in [0.05, 0.1) is 22.2 Å². The number of benzene rings is 1. The molecule has 5 heteroatoms. The van der Waals surface area contributed by atoms with Crippen LogP contribution in [0, 0.1) is 5.41 Å². The average Bonchev–Trinajstić information content (AvgIpc) is 2.93. The third-order valence-electron chi connectivity index (χ3n) is 5.19. The van der Waals surface area contributed by atoms with E-state index in [0.29, 0.717) is 0 Å². The quantitative estimate of drug-likeness (QED) is 0.365. The van der Waals surface area contributed by atoms with Gasteiger partial charge in [0.1, 0.15) is 0 Å². The number of aryl methyl sites for hydroxylation is 1. The fourth-order valence-corrected chi connectivity index (χ4v) is 4.18. The molecule has 0 aliphatic heterocycles. The summed E-state index contributed by atoms with van der Waals surface area (Å²) in [6, 6.07) is 8.36. The minimum Gasteiger partial charge on any atom is -0.354 e. The summed E-state index contributed by atoms with van der Waals surface area (Å²) < 4.78 is 1.88. The van der Waals surface area contributed by atoms with Crippen molar-refractivity contribution in [2.75, 3.05) is 5.84 Å². The zero-order valence-electron chi connectivity index (χ0n) is 14.5. The van der Waals surface area contributed by atoms with E-state index in [0.717, 1.165) is 53.0 Å². The number of nitrogens with one attached hydrogen (secondary N) is 1. The van der Waals surface area contributed by atoms with Crippen LogP contribution in [-0.2, 0) is 12.8 Å². The highest BCUT2D eigenvalue weighted by Gasteiger charge is 2.39. The molecular formula is C19H24N5+. The molecule has 0 radical (unpaired) electrons. The van der Waals surface area contributed by atoms with Gasteiger partial charge < -0.3 is 10.8 Å². The summed E-state index contributed by atoms with van der Waals surface area (Å²) in [7, 11) is 0. The number of para-hydroxylation sites is 1. The van der Waals surface area contributed by atoms with Gasteiger partial charge in [-0.25, -0.2) is 5.84 Å². The Morgan fingerprint density at radius 2 is 2.00 bits per heavy atom. The third-order valence-corrected chi connectivity index (χ3v) is 5.19. The smallest absolute Gasteiger partial charge is 0.223 e. The van der Waals surface area contributed by atoms with Crippen molar-refractivity contribution in [1.82, 2.24) is 4.98 Å². The topological polar surface area (TPSA) is 84.1 Å². The number of hydrogen-bond acceptors (Lipinski definition) is 3. The molecule has 2 heterocycles. The molecule has 0 fully saturated rings. The van der Waals surface area contributed by atoms with E-state index in [2.05, 4.69) is 49.1 Å². The summed E-state index contributed by atoms with van der Waals surface area (Å²) in [6.45, 7) is 6.63. The highest BCUT2D eigenvalue weighted by molar-refractivity contribution is 6.18. The van der Waals surface area contributed by atoms with Crippen LogP contribution in [0.1, 0.15) is 44.1 Å². The minimum atomic E-state index is 0.0943. The molecule has 0 saturated carbocycles. The summed E-state index contributed by atoms with van der Waals surface area (Å²) in [6.07, 6.45) is 2.64. The van der Waals surface area contributed by atoms with E-state index in [4.69, 9.17) is 11.7 Å². The Labute approximate surface area is 141 Å². The van der Waals surface area contributed by atoms with Crippen LogP contribution in [-0.4, -0.2) is 10.7 Å². The van der Waals surface area contributed by atoms with Crippen molar-refractivity contribution in [3.63, 3.8) is 0 Å². The lowest BCUT2D eigenvalue weighted by Crippen LogP contribution is -2.55. The first-order valence-corrected chi connectivity index (χ1v) is 8.49. The lowest BCUT2D eigenvalue weighted by molar-refractivity contribution is -0.654. The molecule has 4 rings (SSSR count). The second-order valence-electron chi connectivity index (χ2n) is 7.51. The molecule has 0 atom stereocenters. The van der Waals surface area contributed by atoms with Gasteiger partial charge >= 0.3 is 0 Å². The molecule has 1 aliphatic carbocycles. The fraction of sp³-hybridized carbons (Fsp3) is 0.368. The van der Waals surface area contributed by atoms with E-state index in [1.807, 2.05) is 10.7 Å². The van der Waals surface area contributed by atoms with Crippen LogP contribution in [0.5, 0.6) is 0 Å². The largest absolute Gasteiger partial charge is 0.354 e. The Balaban J connectivity index is 2.22. The van der Waals surface area contributed by atoms with Crippen molar-refractivity contribution < 1.29 is 4.68 Å². The summed E-state index contributed by atoms with van der Waals surface area (Å²) in [5.41, 5.74) is 6.61. The molecule has 5 N–H and O–H groups in total. The lowest BCUT2D eigenvalue weighted by atomic mass is 9.74. The number of nitrogens with zero attached hydrogens (tertiary/aromatic N) is 2. The van der Waals surface area contributed by atoms with Gasteiger partial charge in [0.2, 0.25) is 11.4 Å². The van der Waals surface area contributed by atoms with Crippen molar-refractivity contribution in [3.05, 3.63) is 41.2 Å². The number of rotatable bonds is 1. The van der Waals surface area contributed by atoms with Crippen LogP contribution in [0.3, 0.4) is 0 Å². The average molecular weight is 322 g/mol. The fourth-order valence-electron chi connectivity index (χ4n) is 4.18. The monoisotopic (exact) mass is 322 g/mol. The number of pyridine rings is 1. The number of hydrazone groups is 1. The highest BCUT2D eigenvalue weighted by Crippen LogP contribution is 2.38. The van der Waals surface area contributed by atoms with Gasteiger partial charge in [0, 0.05) is 23.7 Å². The van der Waals surface area contributed by atoms with Gasteiger partial charge in [-0.05, 0) is 17.9 Å². The molecule has 24 heavy (non-hydrogen) atoms. The predicted molar refractivity (Wildman–Crippen MR) is 98.4 cm³/mol. The van der Waals surface area contributed by atoms with Crippen molar-refractivity contribution >= 4 is 27.5 Å². The summed E-state index contributed by atoms with van der Waals surface area (Å²) in [5.74, 6) is 12.3. The summed E-state index contributed by atoms with van der Waals surface area (Å²) in [5, 5.41) is 6.52. The first kappa shape index (κ1) is 15.0. The molecule has 0 spiro atoms. The van der Waals surface area contributed by atoms with E-state index in [1.165, 1.54) is 10.8 Å². The maximum Gasteiger partial charge on any atom is 0.223 e. The van der Waals surface area contributed by atoms with Crippen LogP contribution >= 0.6 is 0 Å². The van der Waals surface area contributed by atoms with E-state index < -0.39 is 0 Å². The number of nitrogen functional groups attached to an aromatic ring is 1. The van der Waals surface area contributed by atoms with Gasteiger partial charge in [0.25, 0.3) is 0 Å². The van der Waals surface area contributed by atoms with Crippen molar-refractivity contribution in [2.45, 2.75) is 40.0 Å². The van der Waals surface area contributed by atoms with Crippen LogP contribution in [0.25, 0.3) is 21.8 Å². The van der Waals surface area contributed by atoms with Crippen molar-refractivity contribution in [2.24, 2.45) is 16.4 Å². The van der Waals surface area contributed by atoms with Crippen LogP contribution in [0.15, 0.2) is 29.4 Å². The number of nitrogens with two attached hydrogens (primary N) is 2. The lowest BCUT2D eigenvalue weighted by Gasteiger charge is -2.29. The first-order chi connectivity index (χ1) is 11.5. The molecule has 1 aliphatic rings. The van der Waals surface area contributed by atoms with Crippen LogP contribution in [0.4, 0.5) is 0 Å². The number of aromatic amines is 1. The maximum atomic E-state index is 6.58. The van der Waals surface area contributed by atoms with E-state index >= 15 is 0 Å². The molecule has 3 aromatic rings. The van der Waals surface area contributed by atoms with E-state index in [-0.39, 0.29) is 5.41 Å². The zero-order valence-corrected chi connectivity index (χ0v) is 14.5. The maximum absolute atomic E-state index is 6.58. The number of fused-ring (bicyclic) bond motifs is 5. The van der Waals surface area contributed by atoms with Crippen LogP contribution < -0.4 is 16.4 Å². The Bertz CT molecular complexity index is 994. The first-order valence-electron chi connectivity index (χ1n) is 8.49. The zero-order chi connectivity index (χ0) is 17.1. The van der Waals surface area contributed by atoms with Gasteiger partial charge in [-0.3, -0.25) is 0 Å². The number of H-pyrrole nitrogens is 1. The SMILES string of the molecule is CCc1c2c([nH]c3ccccc32)c2c([n+]1N)CC(C)(C)C/C2=N\N. The normalized spacial score (nSPS) is 18.4. The predicted octanol–water partition coefficient (Wildman–Crippen LogP) is 2.52. The highest BCUT2D eigenvalue weighted by atomic mass is 15.3. The van der Waals surface area contributed by atoms with Crippen molar-refractivity contribution in [3.8, 4) is 0 Å².